The third-order valence-electron chi connectivity index (χ3n) is 2.52. The summed E-state index contributed by atoms with van der Waals surface area (Å²) in [6.45, 7) is 4.28. The molecule has 0 aliphatic heterocycles. The minimum absolute atomic E-state index is 0.281. The van der Waals surface area contributed by atoms with Crippen molar-refractivity contribution >= 4 is 11.6 Å². The zero-order chi connectivity index (χ0) is 9.68. The molecule has 1 aromatic rings. The second-order valence-corrected chi connectivity index (χ2v) is 4.37. The molecule has 0 aliphatic carbocycles. The van der Waals surface area contributed by atoms with E-state index in [1.807, 2.05) is 0 Å². The molecule has 0 N–H and O–H groups in total. The lowest BCUT2D eigenvalue weighted by atomic mass is 9.99. The first kappa shape index (κ1) is 10.6. The van der Waals surface area contributed by atoms with Crippen LogP contribution >= 0.6 is 11.6 Å². The Balaban J connectivity index is 2.35. The van der Waals surface area contributed by atoms with Crippen molar-refractivity contribution < 1.29 is 0 Å². The highest BCUT2D eigenvalue weighted by Gasteiger charge is 2.08. The fourth-order valence-corrected chi connectivity index (χ4v) is 1.39. The Morgan fingerprint density at radius 3 is 2.31 bits per heavy atom. The topological polar surface area (TPSA) is 0 Å². The fourth-order valence-electron chi connectivity index (χ4n) is 1.27. The fraction of sp³-hybridized carbons (Fsp3) is 0.500. The zero-order valence-corrected chi connectivity index (χ0v) is 9.09. The number of hydrogen-bond acceptors (Lipinski definition) is 0. The number of rotatable bonds is 4. The number of benzene rings is 1. The van der Waals surface area contributed by atoms with Crippen LogP contribution in [0.2, 0.25) is 0 Å². The summed E-state index contributed by atoms with van der Waals surface area (Å²) in [5, 5.41) is 0.281. The molecule has 2 atom stereocenters. The molecular weight excluding hydrogens is 180 g/mol. The molecule has 0 saturated heterocycles. The molecule has 0 aliphatic rings. The maximum absolute atomic E-state index is 5.99. The molecule has 0 spiro atoms. The molecular formula is C12H17Cl. The van der Waals surface area contributed by atoms with Crippen LogP contribution in [0.5, 0.6) is 0 Å². The van der Waals surface area contributed by atoms with Crippen molar-refractivity contribution in [3.63, 3.8) is 0 Å². The van der Waals surface area contributed by atoms with Gasteiger partial charge in [-0.2, -0.15) is 0 Å². The quantitative estimate of drug-likeness (QED) is 0.642. The van der Waals surface area contributed by atoms with Crippen LogP contribution in [-0.4, -0.2) is 5.38 Å². The summed E-state index contributed by atoms with van der Waals surface area (Å²) in [5.74, 6) is 0.599. The van der Waals surface area contributed by atoms with E-state index in [0.29, 0.717) is 5.92 Å². The molecule has 0 aromatic heterocycles. The molecule has 0 fully saturated rings. The molecule has 0 saturated carbocycles. The van der Waals surface area contributed by atoms with E-state index in [1.54, 1.807) is 0 Å². The summed E-state index contributed by atoms with van der Waals surface area (Å²) < 4.78 is 0. The monoisotopic (exact) mass is 196 g/mol. The van der Waals surface area contributed by atoms with Crippen molar-refractivity contribution in [2.45, 2.75) is 32.1 Å². The van der Waals surface area contributed by atoms with E-state index >= 15 is 0 Å². The lowest BCUT2D eigenvalue weighted by molar-refractivity contribution is 0.523. The Hall–Kier alpha value is -0.490. The Morgan fingerprint density at radius 1 is 1.15 bits per heavy atom. The smallest absolute Gasteiger partial charge is 0.0333 e. The van der Waals surface area contributed by atoms with Gasteiger partial charge in [-0.3, -0.25) is 0 Å². The average Bonchev–Trinajstić information content (AvgIpc) is 2.15. The van der Waals surface area contributed by atoms with Crippen LogP contribution in [0.15, 0.2) is 30.3 Å². The largest absolute Gasteiger partial charge is 0.123 e. The first-order chi connectivity index (χ1) is 6.20. The summed E-state index contributed by atoms with van der Waals surface area (Å²) in [7, 11) is 0. The van der Waals surface area contributed by atoms with E-state index in [4.69, 9.17) is 11.6 Å². The van der Waals surface area contributed by atoms with Gasteiger partial charge >= 0.3 is 0 Å². The van der Waals surface area contributed by atoms with Crippen LogP contribution < -0.4 is 0 Å². The van der Waals surface area contributed by atoms with Gasteiger partial charge in [0.05, 0.1) is 0 Å². The van der Waals surface area contributed by atoms with E-state index < -0.39 is 0 Å². The van der Waals surface area contributed by atoms with Gasteiger partial charge in [-0.25, -0.2) is 0 Å². The van der Waals surface area contributed by atoms with Gasteiger partial charge in [0.2, 0.25) is 0 Å². The van der Waals surface area contributed by atoms with Gasteiger partial charge in [0, 0.05) is 5.38 Å². The van der Waals surface area contributed by atoms with Gasteiger partial charge in [0.15, 0.2) is 0 Å². The van der Waals surface area contributed by atoms with Gasteiger partial charge in [-0.1, -0.05) is 37.3 Å². The van der Waals surface area contributed by atoms with E-state index in [2.05, 4.69) is 44.2 Å². The molecule has 1 rings (SSSR count). The average molecular weight is 197 g/mol. The van der Waals surface area contributed by atoms with Crippen molar-refractivity contribution in [2.24, 2.45) is 5.92 Å². The van der Waals surface area contributed by atoms with Gasteiger partial charge in [0.1, 0.15) is 0 Å². The maximum atomic E-state index is 5.99. The molecule has 72 valence electrons. The van der Waals surface area contributed by atoms with Gasteiger partial charge in [-0.05, 0) is 31.2 Å². The number of halogens is 1. The maximum Gasteiger partial charge on any atom is 0.0333 e. The highest BCUT2D eigenvalue weighted by molar-refractivity contribution is 6.20. The van der Waals surface area contributed by atoms with Crippen LogP contribution in [0.1, 0.15) is 25.8 Å². The van der Waals surface area contributed by atoms with Gasteiger partial charge < -0.3 is 0 Å². The summed E-state index contributed by atoms with van der Waals surface area (Å²) in [6, 6.07) is 10.6. The third kappa shape index (κ3) is 3.82. The first-order valence-electron chi connectivity index (χ1n) is 4.88. The highest BCUT2D eigenvalue weighted by Crippen LogP contribution is 2.16. The second kappa shape index (κ2) is 5.29. The van der Waals surface area contributed by atoms with E-state index in [1.165, 1.54) is 12.0 Å². The molecule has 2 unspecified atom stereocenters. The van der Waals surface area contributed by atoms with E-state index in [9.17, 15) is 0 Å². The predicted octanol–water partition coefficient (Wildman–Crippen LogP) is 3.88. The zero-order valence-electron chi connectivity index (χ0n) is 8.33. The van der Waals surface area contributed by atoms with E-state index in [-0.39, 0.29) is 5.38 Å². The molecule has 1 aromatic carbocycles. The van der Waals surface area contributed by atoms with Gasteiger partial charge in [-0.15, -0.1) is 11.6 Å². The molecule has 0 nitrogen and oxygen atoms in total. The highest BCUT2D eigenvalue weighted by atomic mass is 35.5. The summed E-state index contributed by atoms with van der Waals surface area (Å²) in [6.07, 6.45) is 2.31. The van der Waals surface area contributed by atoms with Crippen molar-refractivity contribution in [1.82, 2.24) is 0 Å². The van der Waals surface area contributed by atoms with Gasteiger partial charge in [0.25, 0.3) is 0 Å². The Bertz CT molecular complexity index is 228. The number of alkyl halides is 1. The van der Waals surface area contributed by atoms with Crippen LogP contribution in [0.4, 0.5) is 0 Å². The van der Waals surface area contributed by atoms with E-state index in [0.717, 1.165) is 6.42 Å². The summed E-state index contributed by atoms with van der Waals surface area (Å²) >= 11 is 5.99. The Labute approximate surface area is 85.9 Å². The van der Waals surface area contributed by atoms with Crippen molar-refractivity contribution in [3.8, 4) is 0 Å². The second-order valence-electron chi connectivity index (χ2n) is 3.68. The summed E-state index contributed by atoms with van der Waals surface area (Å²) in [4.78, 5) is 0. The first-order valence-corrected chi connectivity index (χ1v) is 5.32. The van der Waals surface area contributed by atoms with Crippen molar-refractivity contribution in [3.05, 3.63) is 35.9 Å². The molecule has 13 heavy (non-hydrogen) atoms. The number of hydrogen-bond donors (Lipinski definition) is 0. The minimum Gasteiger partial charge on any atom is -0.123 e. The van der Waals surface area contributed by atoms with Crippen LogP contribution in [-0.2, 0) is 6.42 Å². The predicted molar refractivity (Wildman–Crippen MR) is 59.2 cm³/mol. The van der Waals surface area contributed by atoms with Crippen LogP contribution in [0.25, 0.3) is 0 Å². The Morgan fingerprint density at radius 2 is 1.77 bits per heavy atom. The van der Waals surface area contributed by atoms with Crippen molar-refractivity contribution in [2.75, 3.05) is 0 Å². The van der Waals surface area contributed by atoms with Crippen LogP contribution in [0.3, 0.4) is 0 Å². The lowest BCUT2D eigenvalue weighted by Gasteiger charge is -2.12. The molecule has 0 bridgehead atoms. The SMILES string of the molecule is CC(Cl)C(C)CCc1ccccc1. The normalized spacial score (nSPS) is 15.3. The molecule has 0 radical (unpaired) electrons. The van der Waals surface area contributed by atoms with Crippen molar-refractivity contribution in [1.29, 1.82) is 0 Å². The molecule has 0 amide bonds. The standard InChI is InChI=1S/C12H17Cl/c1-10(11(2)13)8-9-12-6-4-3-5-7-12/h3-7,10-11H,8-9H2,1-2H3. The molecule has 1 heteroatoms. The number of aryl methyl sites for hydroxylation is 1. The molecule has 0 heterocycles. The lowest BCUT2D eigenvalue weighted by Crippen LogP contribution is -2.07. The minimum atomic E-state index is 0.281. The third-order valence-corrected chi connectivity index (χ3v) is 2.95. The van der Waals surface area contributed by atoms with Crippen LogP contribution in [0, 0.1) is 5.92 Å². The Kier molecular flexibility index (Phi) is 4.31. The summed E-state index contributed by atoms with van der Waals surface area (Å²) in [5.41, 5.74) is 1.41.